The molecule has 0 unspecified atom stereocenters. The third-order valence-corrected chi connectivity index (χ3v) is 2.48. The van der Waals surface area contributed by atoms with Crippen LogP contribution in [0.3, 0.4) is 0 Å². The summed E-state index contributed by atoms with van der Waals surface area (Å²) in [6.45, 7) is 3.54. The van der Waals surface area contributed by atoms with E-state index in [0.29, 0.717) is 13.0 Å². The second-order valence-electron chi connectivity index (χ2n) is 3.94. The Hall–Kier alpha value is -1.85. The Morgan fingerprint density at radius 3 is 2.94 bits per heavy atom. The van der Waals surface area contributed by atoms with Crippen LogP contribution in [0, 0.1) is 0 Å². The van der Waals surface area contributed by atoms with E-state index >= 15 is 0 Å². The lowest BCUT2D eigenvalue weighted by atomic mass is 10.4. The fourth-order valence-corrected chi connectivity index (χ4v) is 1.38. The molecule has 0 radical (unpaired) electrons. The third-order valence-electron chi connectivity index (χ3n) is 2.48. The summed E-state index contributed by atoms with van der Waals surface area (Å²) in [5, 5.41) is 3.20. The molecule has 0 spiro atoms. The number of carbonyl (C=O) groups excluding carboxylic acids is 1. The largest absolute Gasteiger partial charge is 0.469 e. The van der Waals surface area contributed by atoms with Crippen molar-refractivity contribution in [3.05, 3.63) is 12.4 Å². The van der Waals surface area contributed by atoms with Gasteiger partial charge in [0.2, 0.25) is 0 Å². The van der Waals surface area contributed by atoms with Crippen LogP contribution in [-0.2, 0) is 9.53 Å². The van der Waals surface area contributed by atoms with Crippen molar-refractivity contribution in [1.82, 2.24) is 9.97 Å². The molecule has 0 saturated heterocycles. The van der Waals surface area contributed by atoms with Gasteiger partial charge in [-0.3, -0.25) is 4.79 Å². The van der Waals surface area contributed by atoms with Gasteiger partial charge in [0, 0.05) is 26.2 Å². The van der Waals surface area contributed by atoms with E-state index in [1.807, 2.05) is 18.0 Å². The van der Waals surface area contributed by atoms with Gasteiger partial charge in [0.25, 0.3) is 0 Å². The summed E-state index contributed by atoms with van der Waals surface area (Å²) in [6, 6.07) is 1.87. The van der Waals surface area contributed by atoms with Crippen LogP contribution in [-0.4, -0.2) is 43.2 Å². The summed E-state index contributed by atoms with van der Waals surface area (Å²) < 4.78 is 4.60. The Morgan fingerprint density at radius 2 is 2.28 bits per heavy atom. The van der Waals surface area contributed by atoms with Gasteiger partial charge < -0.3 is 15.0 Å². The highest BCUT2D eigenvalue weighted by molar-refractivity contribution is 5.69. The number of hydrogen-bond donors (Lipinski definition) is 1. The lowest BCUT2D eigenvalue weighted by Crippen LogP contribution is -2.22. The van der Waals surface area contributed by atoms with Crippen LogP contribution >= 0.6 is 0 Å². The predicted octanol–water partition coefficient (Wildman–Crippen LogP) is 1.30. The van der Waals surface area contributed by atoms with Crippen molar-refractivity contribution in [2.45, 2.75) is 19.8 Å². The van der Waals surface area contributed by atoms with Gasteiger partial charge in [-0.05, 0) is 6.42 Å². The van der Waals surface area contributed by atoms with E-state index in [1.54, 1.807) is 0 Å². The van der Waals surface area contributed by atoms with E-state index in [4.69, 9.17) is 0 Å². The standard InChI is InChI=1S/C12H20N4O2/c1-4-6-13-10-8-11(15-9-14-10)16(2)7-5-12(17)18-3/h8-9H,4-7H2,1-3H3,(H,13,14,15). The molecule has 0 aliphatic carbocycles. The molecule has 100 valence electrons. The van der Waals surface area contributed by atoms with Gasteiger partial charge in [-0.25, -0.2) is 9.97 Å². The lowest BCUT2D eigenvalue weighted by Gasteiger charge is -2.17. The van der Waals surface area contributed by atoms with Gasteiger partial charge in [0.15, 0.2) is 0 Å². The molecule has 1 heterocycles. The minimum absolute atomic E-state index is 0.222. The summed E-state index contributed by atoms with van der Waals surface area (Å²) in [4.78, 5) is 21.3. The van der Waals surface area contributed by atoms with Gasteiger partial charge >= 0.3 is 5.97 Å². The fourth-order valence-electron chi connectivity index (χ4n) is 1.38. The summed E-state index contributed by atoms with van der Waals surface area (Å²) in [5.41, 5.74) is 0. The summed E-state index contributed by atoms with van der Waals surface area (Å²) in [6.07, 6.45) is 2.90. The smallest absolute Gasteiger partial charge is 0.307 e. The lowest BCUT2D eigenvalue weighted by molar-refractivity contribution is -0.140. The second kappa shape index (κ2) is 7.47. The first-order valence-electron chi connectivity index (χ1n) is 6.01. The Morgan fingerprint density at radius 1 is 1.50 bits per heavy atom. The molecule has 0 bridgehead atoms. The fraction of sp³-hybridized carbons (Fsp3) is 0.583. The Balaban J connectivity index is 2.56. The molecular weight excluding hydrogens is 232 g/mol. The van der Waals surface area contributed by atoms with E-state index < -0.39 is 0 Å². The molecule has 1 N–H and O–H groups in total. The van der Waals surface area contributed by atoms with Crippen molar-refractivity contribution in [1.29, 1.82) is 0 Å². The molecule has 0 aliphatic heterocycles. The van der Waals surface area contributed by atoms with Crippen LogP contribution in [0.15, 0.2) is 12.4 Å². The maximum atomic E-state index is 11.1. The molecule has 0 atom stereocenters. The van der Waals surface area contributed by atoms with Crippen LogP contribution in [0.25, 0.3) is 0 Å². The number of methoxy groups -OCH3 is 1. The predicted molar refractivity (Wildman–Crippen MR) is 70.7 cm³/mol. The van der Waals surface area contributed by atoms with Crippen molar-refractivity contribution < 1.29 is 9.53 Å². The minimum atomic E-state index is -0.222. The molecule has 1 aromatic rings. The van der Waals surface area contributed by atoms with Crippen LogP contribution in [0.2, 0.25) is 0 Å². The van der Waals surface area contributed by atoms with Gasteiger partial charge in [-0.15, -0.1) is 0 Å². The molecule has 0 saturated carbocycles. The van der Waals surface area contributed by atoms with E-state index in [0.717, 1.165) is 24.6 Å². The van der Waals surface area contributed by atoms with E-state index in [2.05, 4.69) is 26.9 Å². The minimum Gasteiger partial charge on any atom is -0.469 e. The van der Waals surface area contributed by atoms with Gasteiger partial charge in [0.05, 0.1) is 13.5 Å². The summed E-state index contributed by atoms with van der Waals surface area (Å²) in [5.74, 6) is 1.36. The first-order valence-corrected chi connectivity index (χ1v) is 6.01. The Labute approximate surface area is 107 Å². The van der Waals surface area contributed by atoms with Crippen LogP contribution in [0.5, 0.6) is 0 Å². The SMILES string of the molecule is CCCNc1cc(N(C)CCC(=O)OC)ncn1. The zero-order valence-corrected chi connectivity index (χ0v) is 11.1. The molecule has 0 aromatic carbocycles. The summed E-state index contributed by atoms with van der Waals surface area (Å²) >= 11 is 0. The van der Waals surface area contributed by atoms with Crippen molar-refractivity contribution >= 4 is 17.6 Å². The van der Waals surface area contributed by atoms with Gasteiger partial charge in [-0.1, -0.05) is 6.92 Å². The van der Waals surface area contributed by atoms with E-state index in [9.17, 15) is 4.79 Å². The second-order valence-corrected chi connectivity index (χ2v) is 3.94. The normalized spacial score (nSPS) is 9.94. The number of nitrogens with one attached hydrogen (secondary N) is 1. The van der Waals surface area contributed by atoms with Crippen LogP contribution in [0.1, 0.15) is 19.8 Å². The van der Waals surface area contributed by atoms with Crippen molar-refractivity contribution in [2.24, 2.45) is 0 Å². The van der Waals surface area contributed by atoms with Crippen LogP contribution in [0.4, 0.5) is 11.6 Å². The number of ether oxygens (including phenoxy) is 1. The van der Waals surface area contributed by atoms with E-state index in [-0.39, 0.29) is 5.97 Å². The average Bonchev–Trinajstić information content (AvgIpc) is 2.42. The first kappa shape index (κ1) is 14.2. The van der Waals surface area contributed by atoms with Gasteiger partial charge in [-0.2, -0.15) is 0 Å². The Kier molecular flexibility index (Phi) is 5.90. The van der Waals surface area contributed by atoms with Crippen molar-refractivity contribution in [2.75, 3.05) is 37.5 Å². The molecule has 0 aliphatic rings. The van der Waals surface area contributed by atoms with Gasteiger partial charge in [0.1, 0.15) is 18.0 Å². The molecule has 1 aromatic heterocycles. The number of carbonyl (C=O) groups is 1. The van der Waals surface area contributed by atoms with Crippen molar-refractivity contribution in [3.63, 3.8) is 0 Å². The molecule has 1 rings (SSSR count). The first-order chi connectivity index (χ1) is 8.67. The molecule has 0 fully saturated rings. The molecule has 6 nitrogen and oxygen atoms in total. The maximum Gasteiger partial charge on any atom is 0.307 e. The number of nitrogens with zero attached hydrogens (tertiary/aromatic N) is 3. The maximum absolute atomic E-state index is 11.1. The highest BCUT2D eigenvalue weighted by Gasteiger charge is 2.07. The average molecular weight is 252 g/mol. The highest BCUT2D eigenvalue weighted by Crippen LogP contribution is 2.12. The molecule has 0 amide bonds. The van der Waals surface area contributed by atoms with Crippen molar-refractivity contribution in [3.8, 4) is 0 Å². The number of anilines is 2. The number of rotatable bonds is 7. The monoisotopic (exact) mass is 252 g/mol. The zero-order chi connectivity index (χ0) is 13.4. The topological polar surface area (TPSA) is 67.4 Å². The third kappa shape index (κ3) is 4.57. The quantitative estimate of drug-likeness (QED) is 0.738. The summed E-state index contributed by atoms with van der Waals surface area (Å²) in [7, 11) is 3.27. The number of aromatic nitrogens is 2. The molecule has 6 heteroatoms. The zero-order valence-electron chi connectivity index (χ0n) is 11.1. The molecular formula is C12H20N4O2. The number of hydrogen-bond acceptors (Lipinski definition) is 6. The van der Waals surface area contributed by atoms with E-state index in [1.165, 1.54) is 13.4 Å². The molecule has 18 heavy (non-hydrogen) atoms. The van der Waals surface area contributed by atoms with Crippen LogP contribution < -0.4 is 10.2 Å². The number of esters is 1. The highest BCUT2D eigenvalue weighted by atomic mass is 16.5. The Bertz CT molecular complexity index is 384.